The van der Waals surface area contributed by atoms with E-state index in [1.807, 2.05) is 21.1 Å². The number of nitrogens with zero attached hydrogens (tertiary/aromatic N) is 1. The molecule has 0 aliphatic carbocycles. The maximum absolute atomic E-state index is 12.5. The molecule has 43 heavy (non-hydrogen) atoms. The van der Waals surface area contributed by atoms with Gasteiger partial charge in [0.15, 0.2) is 6.10 Å². The molecule has 256 valence electrons. The van der Waals surface area contributed by atoms with Gasteiger partial charge < -0.3 is 27.9 Å². The maximum Gasteiger partial charge on any atom is 0.306 e. The molecule has 0 spiro atoms. The summed E-state index contributed by atoms with van der Waals surface area (Å²) in [6.45, 7) is 4.17. The number of unbranched alkanes of at least 4 members (excludes halogenated alkanes) is 17. The van der Waals surface area contributed by atoms with Crippen LogP contribution in [0.15, 0.2) is 0 Å². The smallest absolute Gasteiger partial charge is 0.306 e. The summed E-state index contributed by atoms with van der Waals surface area (Å²) in [5.74, 6) is -0.835. The Kier molecular flexibility index (Phi) is 26.7. The second kappa shape index (κ2) is 27.3. The molecular weight excluding hydrogens is 569 g/mol. The number of quaternary nitrogens is 1. The second-order valence-electron chi connectivity index (χ2n) is 12.9. The van der Waals surface area contributed by atoms with E-state index in [-0.39, 0.29) is 32.0 Å². The van der Waals surface area contributed by atoms with E-state index >= 15 is 0 Å². The first-order valence-electron chi connectivity index (χ1n) is 17.2. The van der Waals surface area contributed by atoms with Gasteiger partial charge in [-0.3, -0.25) is 14.2 Å². The van der Waals surface area contributed by atoms with Crippen molar-refractivity contribution >= 4 is 19.8 Å². The number of hydrogen-bond donors (Lipinski definition) is 0. The number of phosphoric acid groups is 1. The molecule has 1 unspecified atom stereocenters. The van der Waals surface area contributed by atoms with Crippen LogP contribution in [0.1, 0.15) is 149 Å². The van der Waals surface area contributed by atoms with Crippen LogP contribution in [0.4, 0.5) is 0 Å². The molecule has 10 heteroatoms. The third-order valence-electron chi connectivity index (χ3n) is 7.38. The van der Waals surface area contributed by atoms with Crippen LogP contribution in [0.5, 0.6) is 0 Å². The van der Waals surface area contributed by atoms with Crippen LogP contribution >= 0.6 is 7.82 Å². The Hall–Kier alpha value is -0.990. The van der Waals surface area contributed by atoms with Crippen LogP contribution in [0.25, 0.3) is 0 Å². The van der Waals surface area contributed by atoms with Crippen molar-refractivity contribution in [1.29, 1.82) is 0 Å². The molecule has 0 aliphatic heterocycles. The lowest BCUT2D eigenvalue weighted by atomic mass is 10.1. The number of carbonyl (C=O) groups is 2. The number of hydrogen-bond acceptors (Lipinski definition) is 8. The van der Waals surface area contributed by atoms with Crippen LogP contribution in [0, 0.1) is 0 Å². The molecular formula is C33H66NO8P. The van der Waals surface area contributed by atoms with Gasteiger partial charge in [-0.1, -0.05) is 123 Å². The molecule has 0 aromatic carbocycles. The predicted octanol–water partition coefficient (Wildman–Crippen LogP) is 7.88. The van der Waals surface area contributed by atoms with Crippen molar-refractivity contribution in [3.63, 3.8) is 0 Å². The van der Waals surface area contributed by atoms with Crippen molar-refractivity contribution in [2.24, 2.45) is 0 Å². The van der Waals surface area contributed by atoms with E-state index in [9.17, 15) is 19.0 Å². The van der Waals surface area contributed by atoms with Crippen LogP contribution in [-0.4, -0.2) is 70.0 Å². The summed E-state index contributed by atoms with van der Waals surface area (Å²) in [5, 5.41) is 0. The fourth-order valence-electron chi connectivity index (χ4n) is 4.59. The zero-order chi connectivity index (χ0) is 32.2. The van der Waals surface area contributed by atoms with E-state index in [1.54, 1.807) is 0 Å². The minimum absolute atomic E-state index is 0.0266. The average molecular weight is 636 g/mol. The van der Waals surface area contributed by atoms with E-state index in [0.29, 0.717) is 17.4 Å². The SMILES string of the molecule is CCCCCCCCCCCCC(=O)O[C@H](COC(=O)CCCCCCCCCCC)COP(=O)([O-])OCC[N+](C)(C)C. The normalized spacial score (nSPS) is 13.9. The lowest BCUT2D eigenvalue weighted by Crippen LogP contribution is -2.37. The zero-order valence-electron chi connectivity index (χ0n) is 28.4. The highest BCUT2D eigenvalue weighted by Crippen LogP contribution is 2.38. The number of rotatable bonds is 31. The van der Waals surface area contributed by atoms with Gasteiger partial charge in [-0.15, -0.1) is 0 Å². The molecule has 0 saturated carbocycles. The molecule has 0 bridgehead atoms. The fourth-order valence-corrected chi connectivity index (χ4v) is 5.32. The van der Waals surface area contributed by atoms with E-state index in [0.717, 1.165) is 32.1 Å². The number of likely N-dealkylation sites (N-methyl/N-ethyl adjacent to an activating group) is 1. The minimum atomic E-state index is -4.60. The van der Waals surface area contributed by atoms with Crippen molar-refractivity contribution in [3.05, 3.63) is 0 Å². The number of phosphoric ester groups is 1. The Morgan fingerprint density at radius 1 is 0.628 bits per heavy atom. The first-order chi connectivity index (χ1) is 20.5. The van der Waals surface area contributed by atoms with E-state index in [1.165, 1.54) is 83.5 Å². The van der Waals surface area contributed by atoms with Gasteiger partial charge in [-0.2, -0.15) is 0 Å². The quantitative estimate of drug-likeness (QED) is 0.0327. The summed E-state index contributed by atoms with van der Waals surface area (Å²) >= 11 is 0. The average Bonchev–Trinajstić information content (AvgIpc) is 2.93. The highest BCUT2D eigenvalue weighted by molar-refractivity contribution is 7.45. The predicted molar refractivity (Wildman–Crippen MR) is 172 cm³/mol. The first kappa shape index (κ1) is 42.0. The van der Waals surface area contributed by atoms with Gasteiger partial charge in [-0.25, -0.2) is 0 Å². The third-order valence-corrected chi connectivity index (χ3v) is 8.34. The molecule has 0 rings (SSSR count). The standard InChI is InChI=1S/C33H66NO8P/c1-6-8-10-12-14-16-18-20-22-24-26-33(36)42-31(30-41-43(37,38)40-28-27-34(3,4)5)29-39-32(35)25-23-21-19-17-15-13-11-9-7-2/h31H,6-30H2,1-5H3/t31-/m1/s1. The zero-order valence-corrected chi connectivity index (χ0v) is 29.3. The largest absolute Gasteiger partial charge is 0.756 e. The third kappa shape index (κ3) is 30.8. The number of carbonyl (C=O) groups excluding carboxylic acids is 2. The Morgan fingerprint density at radius 3 is 1.49 bits per heavy atom. The van der Waals surface area contributed by atoms with Gasteiger partial charge in [0.05, 0.1) is 27.7 Å². The van der Waals surface area contributed by atoms with Gasteiger partial charge >= 0.3 is 11.9 Å². The van der Waals surface area contributed by atoms with E-state index < -0.39 is 26.5 Å². The van der Waals surface area contributed by atoms with Gasteiger partial charge in [0, 0.05) is 12.8 Å². The lowest BCUT2D eigenvalue weighted by molar-refractivity contribution is -0.870. The van der Waals surface area contributed by atoms with Gasteiger partial charge in [-0.05, 0) is 12.8 Å². The first-order valence-corrected chi connectivity index (χ1v) is 18.7. The monoisotopic (exact) mass is 635 g/mol. The summed E-state index contributed by atoms with van der Waals surface area (Å²) < 4.78 is 33.6. The van der Waals surface area contributed by atoms with Crippen LogP contribution in [-0.2, 0) is 32.7 Å². The number of ether oxygens (including phenoxy) is 2. The Bertz CT molecular complexity index is 728. The van der Waals surface area contributed by atoms with E-state index in [2.05, 4.69) is 13.8 Å². The minimum Gasteiger partial charge on any atom is -0.756 e. The summed E-state index contributed by atoms with van der Waals surface area (Å²) in [5.41, 5.74) is 0. The highest BCUT2D eigenvalue weighted by atomic mass is 31.2. The van der Waals surface area contributed by atoms with Crippen molar-refractivity contribution < 1.29 is 42.1 Å². The fraction of sp³-hybridized carbons (Fsp3) is 0.939. The summed E-state index contributed by atoms with van der Waals surface area (Å²) in [6, 6.07) is 0. The molecule has 2 atom stereocenters. The molecule has 0 fully saturated rings. The molecule has 0 aliphatic rings. The van der Waals surface area contributed by atoms with Gasteiger partial charge in [0.2, 0.25) is 0 Å². The molecule has 0 radical (unpaired) electrons. The van der Waals surface area contributed by atoms with Crippen LogP contribution in [0.2, 0.25) is 0 Å². The van der Waals surface area contributed by atoms with Gasteiger partial charge in [0.25, 0.3) is 7.82 Å². The van der Waals surface area contributed by atoms with Crippen molar-refractivity contribution in [3.8, 4) is 0 Å². The summed E-state index contributed by atoms with van der Waals surface area (Å²) in [4.78, 5) is 37.0. The highest BCUT2D eigenvalue weighted by Gasteiger charge is 2.21. The van der Waals surface area contributed by atoms with Crippen molar-refractivity contribution in [2.75, 3.05) is 47.5 Å². The number of esters is 2. The molecule has 0 amide bonds. The van der Waals surface area contributed by atoms with Gasteiger partial charge in [0.1, 0.15) is 19.8 Å². The lowest BCUT2D eigenvalue weighted by Gasteiger charge is -2.28. The van der Waals surface area contributed by atoms with Crippen LogP contribution < -0.4 is 4.89 Å². The Labute approximate surface area is 264 Å². The van der Waals surface area contributed by atoms with Crippen molar-refractivity contribution in [1.82, 2.24) is 0 Å². The molecule has 0 aromatic rings. The molecule has 0 aromatic heterocycles. The van der Waals surface area contributed by atoms with E-state index in [4.69, 9.17) is 18.5 Å². The van der Waals surface area contributed by atoms with Crippen LogP contribution in [0.3, 0.4) is 0 Å². The summed E-state index contributed by atoms with van der Waals surface area (Å²) in [6.07, 6.45) is 21.4. The summed E-state index contributed by atoms with van der Waals surface area (Å²) in [7, 11) is 1.17. The molecule has 0 heterocycles. The second-order valence-corrected chi connectivity index (χ2v) is 14.3. The Morgan fingerprint density at radius 2 is 1.05 bits per heavy atom. The molecule has 0 N–H and O–H groups in total. The van der Waals surface area contributed by atoms with Crippen molar-refractivity contribution in [2.45, 2.75) is 155 Å². The molecule has 0 saturated heterocycles. The topological polar surface area (TPSA) is 111 Å². The maximum atomic E-state index is 12.5. The molecule has 9 nitrogen and oxygen atoms in total. The Balaban J connectivity index is 4.49.